The molecule has 88 valence electrons. The normalized spacial score (nSPS) is 10.6. The van der Waals surface area contributed by atoms with Gasteiger partial charge in [-0.2, -0.15) is 0 Å². The highest BCUT2D eigenvalue weighted by Gasteiger charge is 2.17. The molecule has 1 aromatic rings. The maximum Gasteiger partial charge on any atom is 0.254 e. The molecule has 0 spiro atoms. The summed E-state index contributed by atoms with van der Waals surface area (Å²) >= 11 is 9.06. The molecule has 0 bridgehead atoms. The van der Waals surface area contributed by atoms with Crippen molar-refractivity contribution in [3.8, 4) is 0 Å². The van der Waals surface area contributed by atoms with Crippen molar-refractivity contribution < 1.29 is 4.79 Å². The first kappa shape index (κ1) is 13.5. The van der Waals surface area contributed by atoms with Gasteiger partial charge in [0.05, 0.1) is 0 Å². The maximum atomic E-state index is 12.2. The van der Waals surface area contributed by atoms with Crippen molar-refractivity contribution in [2.24, 2.45) is 0 Å². The zero-order chi connectivity index (χ0) is 12.1. The van der Waals surface area contributed by atoms with Gasteiger partial charge in [0, 0.05) is 28.5 Å². The summed E-state index contributed by atoms with van der Waals surface area (Å²) in [7, 11) is 0. The van der Waals surface area contributed by atoms with Crippen molar-refractivity contribution >= 4 is 33.4 Å². The van der Waals surface area contributed by atoms with E-state index in [4.69, 9.17) is 11.6 Å². The number of hydrogen-bond donors (Lipinski definition) is 0. The predicted molar refractivity (Wildman–Crippen MR) is 71.0 cm³/mol. The van der Waals surface area contributed by atoms with Gasteiger partial charge in [0.2, 0.25) is 0 Å². The van der Waals surface area contributed by atoms with E-state index in [9.17, 15) is 4.79 Å². The van der Waals surface area contributed by atoms with Gasteiger partial charge in [0.1, 0.15) is 0 Å². The van der Waals surface area contributed by atoms with Gasteiger partial charge in [-0.15, -0.1) is 11.6 Å². The Balaban J connectivity index is 2.90. The Bertz CT molecular complexity index is 368. The molecule has 1 rings (SSSR count). The Morgan fingerprint density at radius 3 is 2.69 bits per heavy atom. The molecule has 0 N–H and O–H groups in total. The minimum absolute atomic E-state index is 0.0250. The second-order valence-corrected chi connectivity index (χ2v) is 5.09. The molecule has 0 aromatic heterocycles. The molecule has 0 radical (unpaired) electrons. The third-order valence-electron chi connectivity index (χ3n) is 2.28. The summed E-state index contributed by atoms with van der Waals surface area (Å²) in [5, 5.41) is 0. The van der Waals surface area contributed by atoms with Gasteiger partial charge >= 0.3 is 0 Å². The van der Waals surface area contributed by atoms with Crippen LogP contribution in [0.3, 0.4) is 0 Å². The smallest absolute Gasteiger partial charge is 0.254 e. The monoisotopic (exact) mass is 303 g/mol. The van der Waals surface area contributed by atoms with Crippen molar-refractivity contribution in [2.75, 3.05) is 12.4 Å². The Labute approximate surface area is 110 Å². The molecule has 0 aliphatic heterocycles. The molecule has 0 heterocycles. The van der Waals surface area contributed by atoms with E-state index >= 15 is 0 Å². The highest BCUT2D eigenvalue weighted by molar-refractivity contribution is 9.10. The number of benzene rings is 1. The highest BCUT2D eigenvalue weighted by Crippen LogP contribution is 2.14. The average Bonchev–Trinajstić information content (AvgIpc) is 2.24. The highest BCUT2D eigenvalue weighted by atomic mass is 79.9. The Morgan fingerprint density at radius 1 is 1.50 bits per heavy atom. The molecule has 1 aromatic carbocycles. The fourth-order valence-corrected chi connectivity index (χ4v) is 2.05. The molecular weight excluding hydrogens is 289 g/mol. The molecule has 0 saturated carbocycles. The summed E-state index contributed by atoms with van der Waals surface area (Å²) in [5.74, 6) is 0.481. The zero-order valence-electron chi connectivity index (χ0n) is 9.41. The average molecular weight is 305 g/mol. The Morgan fingerprint density at radius 2 is 2.19 bits per heavy atom. The van der Waals surface area contributed by atoms with E-state index in [0.29, 0.717) is 18.0 Å². The summed E-state index contributed by atoms with van der Waals surface area (Å²) in [6.45, 7) is 4.55. The lowest BCUT2D eigenvalue weighted by molar-refractivity contribution is 0.0718. The first-order chi connectivity index (χ1) is 7.56. The van der Waals surface area contributed by atoms with E-state index in [1.54, 1.807) is 4.90 Å². The van der Waals surface area contributed by atoms with Crippen LogP contribution in [0, 0.1) is 0 Å². The van der Waals surface area contributed by atoms with Crippen molar-refractivity contribution in [1.82, 2.24) is 4.90 Å². The van der Waals surface area contributed by atoms with Crippen molar-refractivity contribution in [1.29, 1.82) is 0 Å². The molecule has 0 saturated heterocycles. The molecular formula is C12H15BrClNO. The van der Waals surface area contributed by atoms with Crippen LogP contribution in [0.2, 0.25) is 0 Å². The number of hydrogen-bond acceptors (Lipinski definition) is 1. The number of nitrogens with zero attached hydrogens (tertiary/aromatic N) is 1. The first-order valence-electron chi connectivity index (χ1n) is 5.18. The Kier molecular flexibility index (Phi) is 5.29. The van der Waals surface area contributed by atoms with Gasteiger partial charge in [0.15, 0.2) is 0 Å². The van der Waals surface area contributed by atoms with Gasteiger partial charge in [-0.1, -0.05) is 22.0 Å². The van der Waals surface area contributed by atoms with Crippen LogP contribution in [0.1, 0.15) is 24.2 Å². The molecule has 0 atom stereocenters. The van der Waals surface area contributed by atoms with Crippen molar-refractivity contribution in [2.45, 2.75) is 19.9 Å². The lowest BCUT2D eigenvalue weighted by atomic mass is 10.2. The number of amides is 1. The van der Waals surface area contributed by atoms with E-state index < -0.39 is 0 Å². The fourth-order valence-electron chi connectivity index (χ4n) is 1.47. The fraction of sp³-hybridized carbons (Fsp3) is 0.417. The summed E-state index contributed by atoms with van der Waals surface area (Å²) in [4.78, 5) is 13.9. The molecule has 0 unspecified atom stereocenters. The summed E-state index contributed by atoms with van der Waals surface area (Å²) in [6.07, 6.45) is 0. The lowest BCUT2D eigenvalue weighted by Gasteiger charge is -2.26. The summed E-state index contributed by atoms with van der Waals surface area (Å²) in [5.41, 5.74) is 0.688. The van der Waals surface area contributed by atoms with Gasteiger partial charge in [0.25, 0.3) is 5.91 Å². The minimum Gasteiger partial charge on any atom is -0.335 e. The van der Waals surface area contributed by atoms with Crippen LogP contribution >= 0.6 is 27.5 Å². The van der Waals surface area contributed by atoms with E-state index in [2.05, 4.69) is 15.9 Å². The number of alkyl halides is 1. The Hall–Kier alpha value is -0.540. The van der Waals surface area contributed by atoms with E-state index in [1.165, 1.54) is 0 Å². The van der Waals surface area contributed by atoms with Gasteiger partial charge in [-0.05, 0) is 32.0 Å². The standard InChI is InChI=1S/C12H15BrClNO/c1-9(2)15(7-6-14)12(16)10-4-3-5-11(13)8-10/h3-5,8-9H,6-7H2,1-2H3. The molecule has 1 amide bonds. The van der Waals surface area contributed by atoms with Gasteiger partial charge in [-0.25, -0.2) is 0 Å². The number of rotatable bonds is 4. The number of carbonyl (C=O) groups excluding carboxylic acids is 1. The third kappa shape index (κ3) is 3.49. The van der Waals surface area contributed by atoms with Crippen LogP contribution < -0.4 is 0 Å². The van der Waals surface area contributed by atoms with Gasteiger partial charge in [-0.3, -0.25) is 4.79 Å². The number of halogens is 2. The molecule has 0 fully saturated rings. The van der Waals surface area contributed by atoms with E-state index in [-0.39, 0.29) is 11.9 Å². The summed E-state index contributed by atoms with van der Waals surface area (Å²) < 4.78 is 0.910. The number of carbonyl (C=O) groups is 1. The second-order valence-electron chi connectivity index (χ2n) is 3.79. The second kappa shape index (κ2) is 6.26. The molecule has 4 heteroatoms. The molecule has 2 nitrogen and oxygen atoms in total. The van der Waals surface area contributed by atoms with Crippen LogP contribution in [0.25, 0.3) is 0 Å². The van der Waals surface area contributed by atoms with E-state index in [0.717, 1.165) is 4.47 Å². The van der Waals surface area contributed by atoms with Crippen LogP contribution in [-0.2, 0) is 0 Å². The molecule has 0 aliphatic rings. The van der Waals surface area contributed by atoms with E-state index in [1.807, 2.05) is 38.1 Å². The summed E-state index contributed by atoms with van der Waals surface area (Å²) in [6, 6.07) is 7.56. The van der Waals surface area contributed by atoms with Crippen molar-refractivity contribution in [3.63, 3.8) is 0 Å². The largest absolute Gasteiger partial charge is 0.335 e. The molecule has 0 aliphatic carbocycles. The zero-order valence-corrected chi connectivity index (χ0v) is 11.8. The minimum atomic E-state index is 0.0250. The van der Waals surface area contributed by atoms with Crippen LogP contribution in [-0.4, -0.2) is 29.3 Å². The maximum absolute atomic E-state index is 12.2. The lowest BCUT2D eigenvalue weighted by Crippen LogP contribution is -2.38. The van der Waals surface area contributed by atoms with Gasteiger partial charge < -0.3 is 4.90 Å². The third-order valence-corrected chi connectivity index (χ3v) is 2.94. The van der Waals surface area contributed by atoms with Crippen molar-refractivity contribution in [3.05, 3.63) is 34.3 Å². The topological polar surface area (TPSA) is 20.3 Å². The van der Waals surface area contributed by atoms with Crippen LogP contribution in [0.5, 0.6) is 0 Å². The first-order valence-corrected chi connectivity index (χ1v) is 6.51. The van der Waals surface area contributed by atoms with Crippen LogP contribution in [0.4, 0.5) is 0 Å². The van der Waals surface area contributed by atoms with Crippen LogP contribution in [0.15, 0.2) is 28.7 Å². The predicted octanol–water partition coefficient (Wildman–Crippen LogP) is 3.54. The quantitative estimate of drug-likeness (QED) is 0.779. The molecule has 16 heavy (non-hydrogen) atoms. The SMILES string of the molecule is CC(C)N(CCCl)C(=O)c1cccc(Br)c1.